The van der Waals surface area contributed by atoms with E-state index in [-0.39, 0.29) is 30.2 Å². The van der Waals surface area contributed by atoms with Crippen molar-refractivity contribution in [1.82, 2.24) is 0 Å². The minimum absolute atomic E-state index is 0. The molecule has 2 aliphatic carbocycles. The van der Waals surface area contributed by atoms with E-state index in [4.69, 9.17) is 0 Å². The van der Waals surface area contributed by atoms with Gasteiger partial charge < -0.3 is 0 Å². The third kappa shape index (κ3) is 6.13. The molecule has 0 radical (unpaired) electrons. The number of benzene rings is 2. The van der Waals surface area contributed by atoms with Crippen LogP contribution in [0.15, 0.2) is 53.6 Å². The molecule has 0 aromatic heterocycles. The smallest absolute Gasteiger partial charge is 0.147 e. The van der Waals surface area contributed by atoms with Gasteiger partial charge >= 0.3 is 41.3 Å². The summed E-state index contributed by atoms with van der Waals surface area (Å²) in [6.07, 6.45) is 4.47. The van der Waals surface area contributed by atoms with Gasteiger partial charge in [0.2, 0.25) is 0 Å². The number of hydrogen-bond donors (Lipinski definition) is 0. The molecule has 2 aliphatic rings. The molecular formula is C26H31Cl2Zr-. The molecule has 0 unspecified atom stereocenters. The van der Waals surface area contributed by atoms with E-state index in [0.717, 1.165) is 12.8 Å². The van der Waals surface area contributed by atoms with Crippen LogP contribution in [0.4, 0.5) is 0 Å². The first-order chi connectivity index (χ1) is 12.7. The van der Waals surface area contributed by atoms with E-state index in [1.54, 1.807) is 24.2 Å². The molecule has 0 bridgehead atoms. The molecule has 0 nitrogen and oxygen atoms in total. The predicted molar refractivity (Wildman–Crippen MR) is 129 cm³/mol. The Labute approximate surface area is 204 Å². The molecule has 2 aromatic rings. The zero-order valence-corrected chi connectivity index (χ0v) is 22.4. The fourth-order valence-corrected chi connectivity index (χ4v) is 3.75. The van der Waals surface area contributed by atoms with Crippen LogP contribution in [0, 0.1) is 11.5 Å². The Kier molecular flexibility index (Phi) is 9.54. The van der Waals surface area contributed by atoms with Crippen molar-refractivity contribution in [2.24, 2.45) is 5.41 Å². The van der Waals surface area contributed by atoms with Crippen LogP contribution in [0.3, 0.4) is 0 Å². The van der Waals surface area contributed by atoms with E-state index >= 15 is 0 Å². The SMILES string of the molecule is CC1=C(c2[c-]c3c(cc2)-c2ccccc2C3)CC(C(C)(C)C)=C1.C[C](C)=[Zr].Cl.Cl. The van der Waals surface area contributed by atoms with Gasteiger partial charge in [0.25, 0.3) is 0 Å². The van der Waals surface area contributed by atoms with E-state index in [9.17, 15) is 0 Å². The summed E-state index contributed by atoms with van der Waals surface area (Å²) in [5.74, 6) is 0. The van der Waals surface area contributed by atoms with Gasteiger partial charge in [0.05, 0.1) is 0 Å². The zero-order valence-electron chi connectivity index (χ0n) is 18.3. The van der Waals surface area contributed by atoms with E-state index in [2.05, 4.69) is 90.1 Å². The Hall–Kier alpha value is -0.747. The molecule has 0 N–H and O–H groups in total. The summed E-state index contributed by atoms with van der Waals surface area (Å²) in [5, 5.41) is 0. The molecule has 29 heavy (non-hydrogen) atoms. The standard InChI is InChI=1S/C23H23.C3H6.2ClH.Zr/c1-15-11-19(23(2,3)4)14-22(15)17-9-10-21-18(13-17)12-16-7-5-6-8-20(16)21;1-3-2;;;/h5-11H,12,14H2,1-4H3;1-2H3;2*1H;/q-1;;;;. The van der Waals surface area contributed by atoms with Crippen molar-refractivity contribution in [2.45, 2.75) is 54.4 Å². The van der Waals surface area contributed by atoms with Gasteiger partial charge in [-0.05, 0) is 30.7 Å². The number of allylic oxidation sites excluding steroid dienone is 4. The van der Waals surface area contributed by atoms with Gasteiger partial charge in [-0.15, -0.1) is 59.7 Å². The maximum Gasteiger partial charge on any atom is -0.147 e. The molecule has 0 amide bonds. The molecule has 0 fully saturated rings. The second-order valence-electron chi connectivity index (χ2n) is 8.86. The molecule has 4 rings (SSSR count). The quantitative estimate of drug-likeness (QED) is 0.296. The summed E-state index contributed by atoms with van der Waals surface area (Å²) >= 11 is 1.55. The molecule has 0 atom stereocenters. The van der Waals surface area contributed by atoms with E-state index in [1.165, 1.54) is 47.7 Å². The van der Waals surface area contributed by atoms with Crippen molar-refractivity contribution in [1.29, 1.82) is 0 Å². The number of hydrogen-bond acceptors (Lipinski definition) is 0. The first-order valence-corrected chi connectivity index (χ1v) is 11.0. The summed E-state index contributed by atoms with van der Waals surface area (Å²) in [4.78, 5) is 0. The Morgan fingerprint density at radius 3 is 2.14 bits per heavy atom. The van der Waals surface area contributed by atoms with Gasteiger partial charge in [-0.2, -0.15) is 0 Å². The molecule has 3 heteroatoms. The maximum atomic E-state index is 3.72. The van der Waals surface area contributed by atoms with Crippen LogP contribution >= 0.6 is 24.8 Å². The first-order valence-electron chi connectivity index (χ1n) is 9.73. The Balaban J connectivity index is 0.000000646. The van der Waals surface area contributed by atoms with E-state index in [0.29, 0.717) is 0 Å². The van der Waals surface area contributed by atoms with E-state index < -0.39 is 0 Å². The Bertz CT molecular complexity index is 955. The molecule has 0 heterocycles. The number of halogens is 2. The first kappa shape index (κ1) is 26.3. The van der Waals surface area contributed by atoms with Crippen LogP contribution in [0.5, 0.6) is 0 Å². The predicted octanol–water partition coefficient (Wildman–Crippen LogP) is 7.80. The van der Waals surface area contributed by atoms with Gasteiger partial charge in [0.1, 0.15) is 0 Å². The monoisotopic (exact) mass is 503 g/mol. The van der Waals surface area contributed by atoms with Crippen molar-refractivity contribution in [3.05, 3.63) is 76.4 Å². The number of fused-ring (bicyclic) bond motifs is 3. The summed E-state index contributed by atoms with van der Waals surface area (Å²) < 4.78 is 1.51. The van der Waals surface area contributed by atoms with Crippen molar-refractivity contribution >= 4 is 33.6 Å². The Morgan fingerprint density at radius 2 is 1.55 bits per heavy atom. The van der Waals surface area contributed by atoms with Crippen molar-refractivity contribution in [2.75, 3.05) is 0 Å². The molecular weight excluding hydrogens is 474 g/mol. The zero-order chi connectivity index (χ0) is 19.8. The van der Waals surface area contributed by atoms with Crippen molar-refractivity contribution < 1.29 is 24.2 Å². The third-order valence-electron chi connectivity index (χ3n) is 5.22. The second kappa shape index (κ2) is 10.5. The molecule has 0 saturated carbocycles. The third-order valence-corrected chi connectivity index (χ3v) is 5.22. The maximum absolute atomic E-state index is 3.72. The second-order valence-corrected chi connectivity index (χ2v) is 11.3. The van der Waals surface area contributed by atoms with Crippen LogP contribution < -0.4 is 0 Å². The van der Waals surface area contributed by atoms with Gasteiger partial charge in [-0.25, -0.2) is 0 Å². The molecule has 0 saturated heterocycles. The van der Waals surface area contributed by atoms with Crippen LogP contribution in [-0.4, -0.2) is 3.21 Å². The molecule has 2 aromatic carbocycles. The van der Waals surface area contributed by atoms with Crippen LogP contribution in [0.1, 0.15) is 64.7 Å². The fourth-order valence-electron chi connectivity index (χ4n) is 3.75. The Morgan fingerprint density at radius 1 is 0.931 bits per heavy atom. The van der Waals surface area contributed by atoms with Crippen LogP contribution in [0.2, 0.25) is 0 Å². The van der Waals surface area contributed by atoms with Gasteiger partial charge in [0, 0.05) is 0 Å². The summed E-state index contributed by atoms with van der Waals surface area (Å²) in [6.45, 7) is 13.4. The van der Waals surface area contributed by atoms with Gasteiger partial charge in [-0.3, -0.25) is 0 Å². The molecule has 0 spiro atoms. The van der Waals surface area contributed by atoms with Gasteiger partial charge in [0.15, 0.2) is 0 Å². The number of rotatable bonds is 1. The average molecular weight is 506 g/mol. The normalized spacial score (nSPS) is 13.9. The minimum atomic E-state index is 0. The largest absolute Gasteiger partial charge is 0.147 e. The average Bonchev–Trinajstić information content (AvgIpc) is 3.13. The van der Waals surface area contributed by atoms with Crippen molar-refractivity contribution in [3.8, 4) is 11.1 Å². The molecule has 154 valence electrons. The summed E-state index contributed by atoms with van der Waals surface area (Å²) in [5.41, 5.74) is 11.5. The van der Waals surface area contributed by atoms with E-state index in [1.807, 2.05) is 0 Å². The van der Waals surface area contributed by atoms with Crippen LogP contribution in [-0.2, 0) is 30.7 Å². The topological polar surface area (TPSA) is 0 Å². The van der Waals surface area contributed by atoms with Crippen LogP contribution in [0.25, 0.3) is 16.7 Å². The minimum Gasteiger partial charge on any atom is -0.147 e. The van der Waals surface area contributed by atoms with Gasteiger partial charge in [-0.1, -0.05) is 73.4 Å². The fraction of sp³-hybridized carbons (Fsp3) is 0.346. The molecule has 0 aliphatic heterocycles. The van der Waals surface area contributed by atoms with Crippen molar-refractivity contribution in [3.63, 3.8) is 0 Å². The summed E-state index contributed by atoms with van der Waals surface area (Å²) in [7, 11) is 0. The summed E-state index contributed by atoms with van der Waals surface area (Å²) in [6, 6.07) is 17.0.